The molecule has 1 aliphatic heterocycles. The molecule has 4 heteroatoms. The number of methoxy groups -OCH3 is 1. The van der Waals surface area contributed by atoms with E-state index in [4.69, 9.17) is 22.1 Å². The maximum atomic E-state index is 6.03. The number of hydrogen-bond donors (Lipinski definition) is 1. The summed E-state index contributed by atoms with van der Waals surface area (Å²) in [7, 11) is 1.76. The molecule has 0 spiro atoms. The van der Waals surface area contributed by atoms with Crippen molar-refractivity contribution in [1.82, 2.24) is 0 Å². The lowest BCUT2D eigenvalue weighted by atomic mass is 9.98. The van der Waals surface area contributed by atoms with Crippen molar-refractivity contribution in [3.63, 3.8) is 0 Å². The minimum absolute atomic E-state index is 0.590. The van der Waals surface area contributed by atoms with Crippen molar-refractivity contribution in [2.75, 3.05) is 37.4 Å². The largest absolute Gasteiger partial charge is 0.397 e. The standard InChI is InChI=1S/C13H19ClN2O/c1-17-9-10-3-2-6-16(8-10)13-7-11(14)4-5-12(13)15/h4-5,7,10H,2-3,6,8-9,15H2,1H3. The van der Waals surface area contributed by atoms with Crippen LogP contribution < -0.4 is 10.6 Å². The summed E-state index contributed by atoms with van der Waals surface area (Å²) in [5.41, 5.74) is 7.86. The lowest BCUT2D eigenvalue weighted by Gasteiger charge is -2.34. The Morgan fingerprint density at radius 3 is 3.12 bits per heavy atom. The van der Waals surface area contributed by atoms with Gasteiger partial charge in [-0.2, -0.15) is 0 Å². The van der Waals surface area contributed by atoms with Gasteiger partial charge in [0.05, 0.1) is 18.0 Å². The average molecular weight is 255 g/mol. The minimum Gasteiger partial charge on any atom is -0.397 e. The molecule has 0 radical (unpaired) electrons. The van der Waals surface area contributed by atoms with Crippen molar-refractivity contribution in [2.45, 2.75) is 12.8 Å². The van der Waals surface area contributed by atoms with Crippen molar-refractivity contribution in [1.29, 1.82) is 0 Å². The highest BCUT2D eigenvalue weighted by molar-refractivity contribution is 6.31. The monoisotopic (exact) mass is 254 g/mol. The number of nitrogen functional groups attached to an aromatic ring is 1. The third kappa shape index (κ3) is 3.05. The summed E-state index contributed by atoms with van der Waals surface area (Å²) in [5.74, 6) is 0.590. The summed E-state index contributed by atoms with van der Waals surface area (Å²) in [6.45, 7) is 2.86. The maximum Gasteiger partial charge on any atom is 0.0614 e. The van der Waals surface area contributed by atoms with E-state index in [-0.39, 0.29) is 0 Å². The lowest BCUT2D eigenvalue weighted by Crippen LogP contribution is -2.37. The van der Waals surface area contributed by atoms with Gasteiger partial charge in [0.1, 0.15) is 0 Å². The summed E-state index contributed by atoms with van der Waals surface area (Å²) in [5, 5.41) is 0.739. The zero-order valence-corrected chi connectivity index (χ0v) is 10.9. The van der Waals surface area contributed by atoms with Crippen LogP contribution in [0.2, 0.25) is 5.02 Å². The lowest BCUT2D eigenvalue weighted by molar-refractivity contribution is 0.143. The predicted molar refractivity (Wildman–Crippen MR) is 72.7 cm³/mol. The van der Waals surface area contributed by atoms with E-state index in [9.17, 15) is 0 Å². The van der Waals surface area contributed by atoms with Crippen LogP contribution in [0.5, 0.6) is 0 Å². The van der Waals surface area contributed by atoms with Crippen molar-refractivity contribution < 1.29 is 4.74 Å². The summed E-state index contributed by atoms with van der Waals surface area (Å²) in [6.07, 6.45) is 2.41. The quantitative estimate of drug-likeness (QED) is 0.843. The molecule has 1 saturated heterocycles. The van der Waals surface area contributed by atoms with Crippen LogP contribution in [0.1, 0.15) is 12.8 Å². The molecule has 3 nitrogen and oxygen atoms in total. The third-order valence-electron chi connectivity index (χ3n) is 3.25. The van der Waals surface area contributed by atoms with Gasteiger partial charge >= 0.3 is 0 Å². The number of ether oxygens (including phenoxy) is 1. The molecule has 94 valence electrons. The van der Waals surface area contributed by atoms with Crippen molar-refractivity contribution in [3.05, 3.63) is 23.2 Å². The van der Waals surface area contributed by atoms with E-state index in [1.165, 1.54) is 12.8 Å². The van der Waals surface area contributed by atoms with Gasteiger partial charge in [0.15, 0.2) is 0 Å². The topological polar surface area (TPSA) is 38.5 Å². The molecule has 1 atom stereocenters. The molecule has 2 N–H and O–H groups in total. The number of hydrogen-bond acceptors (Lipinski definition) is 3. The number of benzene rings is 1. The number of rotatable bonds is 3. The Kier molecular flexibility index (Phi) is 4.13. The summed E-state index contributed by atoms with van der Waals surface area (Å²) in [6, 6.07) is 5.65. The molecule has 2 rings (SSSR count). The Labute approximate surface area is 107 Å². The third-order valence-corrected chi connectivity index (χ3v) is 3.49. The van der Waals surface area contributed by atoms with E-state index in [0.29, 0.717) is 5.92 Å². The Hall–Kier alpha value is -0.930. The number of anilines is 2. The summed E-state index contributed by atoms with van der Waals surface area (Å²) >= 11 is 6.03. The van der Waals surface area contributed by atoms with Gasteiger partial charge in [-0.1, -0.05) is 11.6 Å². The fraction of sp³-hybridized carbons (Fsp3) is 0.538. The Bertz CT molecular complexity index is 382. The van der Waals surface area contributed by atoms with Crippen molar-refractivity contribution in [3.8, 4) is 0 Å². The second-order valence-corrected chi connectivity index (χ2v) is 5.05. The smallest absolute Gasteiger partial charge is 0.0614 e. The second kappa shape index (κ2) is 5.61. The first kappa shape index (κ1) is 12.5. The molecule has 0 saturated carbocycles. The maximum absolute atomic E-state index is 6.03. The molecule has 0 aromatic heterocycles. The normalized spacial score (nSPS) is 20.6. The molecular weight excluding hydrogens is 236 g/mol. The van der Waals surface area contributed by atoms with E-state index in [1.54, 1.807) is 7.11 Å². The molecule has 0 amide bonds. The van der Waals surface area contributed by atoms with Crippen LogP contribution in [0.25, 0.3) is 0 Å². The van der Waals surface area contributed by atoms with E-state index in [0.717, 1.165) is 36.1 Å². The average Bonchev–Trinajstić information content (AvgIpc) is 2.33. The first-order valence-electron chi connectivity index (χ1n) is 5.99. The fourth-order valence-electron chi connectivity index (χ4n) is 2.45. The van der Waals surface area contributed by atoms with Crippen LogP contribution in [0.3, 0.4) is 0 Å². The van der Waals surface area contributed by atoms with E-state index < -0.39 is 0 Å². The Morgan fingerprint density at radius 1 is 1.53 bits per heavy atom. The highest BCUT2D eigenvalue weighted by Crippen LogP contribution is 2.30. The SMILES string of the molecule is COCC1CCCN(c2cc(Cl)ccc2N)C1. The molecule has 1 unspecified atom stereocenters. The van der Waals surface area contributed by atoms with Gasteiger partial charge in [-0.3, -0.25) is 0 Å². The molecule has 1 aromatic carbocycles. The predicted octanol–water partition coefficient (Wildman–Crippen LogP) is 2.79. The first-order valence-corrected chi connectivity index (χ1v) is 6.37. The zero-order valence-electron chi connectivity index (χ0n) is 10.2. The molecule has 0 bridgehead atoms. The van der Waals surface area contributed by atoms with Crippen LogP contribution in [0.15, 0.2) is 18.2 Å². The zero-order chi connectivity index (χ0) is 12.3. The van der Waals surface area contributed by atoms with Gasteiger partial charge in [-0.25, -0.2) is 0 Å². The van der Waals surface area contributed by atoms with E-state index in [1.807, 2.05) is 18.2 Å². The Morgan fingerprint density at radius 2 is 2.35 bits per heavy atom. The molecule has 1 fully saturated rings. The van der Waals surface area contributed by atoms with Crippen LogP contribution >= 0.6 is 11.6 Å². The Balaban J connectivity index is 2.13. The van der Waals surface area contributed by atoms with E-state index in [2.05, 4.69) is 4.90 Å². The number of halogens is 1. The highest BCUT2D eigenvalue weighted by Gasteiger charge is 2.21. The molecular formula is C13H19ClN2O. The molecule has 1 heterocycles. The summed E-state index contributed by atoms with van der Waals surface area (Å²) < 4.78 is 5.24. The van der Waals surface area contributed by atoms with Crippen LogP contribution in [-0.2, 0) is 4.74 Å². The fourth-order valence-corrected chi connectivity index (χ4v) is 2.61. The van der Waals surface area contributed by atoms with Gasteiger partial charge in [0.25, 0.3) is 0 Å². The van der Waals surface area contributed by atoms with Crippen molar-refractivity contribution in [2.24, 2.45) is 5.92 Å². The van der Waals surface area contributed by atoms with Gasteiger partial charge in [-0.15, -0.1) is 0 Å². The van der Waals surface area contributed by atoms with E-state index >= 15 is 0 Å². The summed E-state index contributed by atoms with van der Waals surface area (Å²) in [4.78, 5) is 2.31. The second-order valence-electron chi connectivity index (χ2n) is 4.61. The number of piperidine rings is 1. The van der Waals surface area contributed by atoms with Crippen LogP contribution in [0, 0.1) is 5.92 Å². The van der Waals surface area contributed by atoms with Crippen molar-refractivity contribution >= 4 is 23.0 Å². The number of nitrogens with zero attached hydrogens (tertiary/aromatic N) is 1. The first-order chi connectivity index (χ1) is 8.20. The molecule has 17 heavy (non-hydrogen) atoms. The highest BCUT2D eigenvalue weighted by atomic mass is 35.5. The van der Waals surface area contributed by atoms with Gasteiger partial charge < -0.3 is 15.4 Å². The number of nitrogens with two attached hydrogens (primary N) is 1. The van der Waals surface area contributed by atoms with Gasteiger partial charge in [-0.05, 0) is 37.0 Å². The van der Waals surface area contributed by atoms with Crippen LogP contribution in [0.4, 0.5) is 11.4 Å². The molecule has 1 aliphatic rings. The molecule has 0 aliphatic carbocycles. The molecule has 1 aromatic rings. The minimum atomic E-state index is 0.590. The van der Waals surface area contributed by atoms with Crippen LogP contribution in [-0.4, -0.2) is 26.8 Å². The van der Waals surface area contributed by atoms with Gasteiger partial charge in [0, 0.05) is 25.2 Å². The van der Waals surface area contributed by atoms with Gasteiger partial charge in [0.2, 0.25) is 0 Å².